The van der Waals surface area contributed by atoms with Gasteiger partial charge in [0.25, 0.3) is 5.91 Å². The molecule has 1 aromatic rings. The molecule has 20 heavy (non-hydrogen) atoms. The van der Waals surface area contributed by atoms with Gasteiger partial charge in [0.05, 0.1) is 6.04 Å². The molecule has 1 heterocycles. The highest BCUT2D eigenvalue weighted by Gasteiger charge is 2.37. The van der Waals surface area contributed by atoms with E-state index in [9.17, 15) is 9.59 Å². The van der Waals surface area contributed by atoms with Crippen LogP contribution in [0.4, 0.5) is 0 Å². The first-order valence-corrected chi connectivity index (χ1v) is 7.24. The molecule has 1 amide bonds. The molecule has 0 aromatic carbocycles. The number of amides is 1. The standard InChI is InChI=1S/C14H19N3O3/c18-13(15-12(14(19)20)9-5-6-9)11-7-8-17(16-11)10-3-1-2-4-10/h7-10,12H,1-6H2,(H,15,18)(H,19,20). The van der Waals surface area contributed by atoms with Crippen LogP contribution in [-0.4, -0.2) is 32.8 Å². The molecule has 6 nitrogen and oxygen atoms in total. The van der Waals surface area contributed by atoms with Crippen LogP contribution in [0.2, 0.25) is 0 Å². The number of hydrogen-bond acceptors (Lipinski definition) is 3. The SMILES string of the molecule is O=C(NC(C(=O)O)C1CC1)c1ccn(C2CCCC2)n1. The summed E-state index contributed by atoms with van der Waals surface area (Å²) in [6.45, 7) is 0. The van der Waals surface area contributed by atoms with Gasteiger partial charge in [-0.3, -0.25) is 9.48 Å². The summed E-state index contributed by atoms with van der Waals surface area (Å²) in [5, 5.41) is 16.0. The third-order valence-electron chi connectivity index (χ3n) is 4.19. The molecule has 0 aliphatic heterocycles. The number of aromatic nitrogens is 2. The van der Waals surface area contributed by atoms with Crippen molar-refractivity contribution in [2.24, 2.45) is 5.92 Å². The van der Waals surface area contributed by atoms with E-state index in [2.05, 4.69) is 10.4 Å². The zero-order chi connectivity index (χ0) is 14.1. The minimum absolute atomic E-state index is 0.0772. The Morgan fingerprint density at radius 1 is 1.30 bits per heavy atom. The number of hydrogen-bond donors (Lipinski definition) is 2. The molecular weight excluding hydrogens is 258 g/mol. The van der Waals surface area contributed by atoms with Crippen LogP contribution < -0.4 is 5.32 Å². The van der Waals surface area contributed by atoms with Crippen molar-refractivity contribution in [3.8, 4) is 0 Å². The maximum atomic E-state index is 12.1. The molecule has 108 valence electrons. The van der Waals surface area contributed by atoms with Gasteiger partial charge in [0.2, 0.25) is 0 Å². The maximum Gasteiger partial charge on any atom is 0.326 e. The first-order valence-electron chi connectivity index (χ1n) is 7.24. The summed E-state index contributed by atoms with van der Waals surface area (Å²) in [6.07, 6.45) is 8.16. The van der Waals surface area contributed by atoms with E-state index in [1.54, 1.807) is 6.07 Å². The monoisotopic (exact) mass is 277 g/mol. The summed E-state index contributed by atoms with van der Waals surface area (Å²) < 4.78 is 1.84. The Morgan fingerprint density at radius 3 is 2.60 bits per heavy atom. The summed E-state index contributed by atoms with van der Waals surface area (Å²) in [5.74, 6) is -1.27. The molecule has 0 spiro atoms. The Balaban J connectivity index is 1.65. The number of carboxylic acids is 1. The lowest BCUT2D eigenvalue weighted by atomic mass is 10.2. The fourth-order valence-corrected chi connectivity index (χ4v) is 2.86. The van der Waals surface area contributed by atoms with Crippen molar-refractivity contribution in [3.05, 3.63) is 18.0 Å². The quantitative estimate of drug-likeness (QED) is 0.856. The van der Waals surface area contributed by atoms with Crippen LogP contribution >= 0.6 is 0 Å². The smallest absolute Gasteiger partial charge is 0.326 e. The number of carbonyl (C=O) groups excluding carboxylic acids is 1. The minimum Gasteiger partial charge on any atom is -0.480 e. The average molecular weight is 277 g/mol. The van der Waals surface area contributed by atoms with E-state index < -0.39 is 12.0 Å². The number of carbonyl (C=O) groups is 2. The Morgan fingerprint density at radius 2 is 2.00 bits per heavy atom. The van der Waals surface area contributed by atoms with Crippen LogP contribution in [0.15, 0.2) is 12.3 Å². The molecule has 2 saturated carbocycles. The number of rotatable bonds is 5. The first kappa shape index (κ1) is 13.1. The molecule has 0 bridgehead atoms. The second-order valence-corrected chi connectivity index (χ2v) is 5.75. The number of carboxylic acid groups (broad SMARTS) is 1. The molecule has 1 atom stereocenters. The molecule has 0 saturated heterocycles. The van der Waals surface area contributed by atoms with Gasteiger partial charge >= 0.3 is 5.97 Å². The normalized spacial score (nSPS) is 20.8. The minimum atomic E-state index is -0.962. The molecule has 2 fully saturated rings. The summed E-state index contributed by atoms with van der Waals surface area (Å²) in [5.41, 5.74) is 0.309. The van der Waals surface area contributed by atoms with Crippen molar-refractivity contribution >= 4 is 11.9 Å². The van der Waals surface area contributed by atoms with Gasteiger partial charge in [0, 0.05) is 6.20 Å². The molecule has 1 aromatic heterocycles. The summed E-state index contributed by atoms with van der Waals surface area (Å²) in [4.78, 5) is 23.2. The van der Waals surface area contributed by atoms with Gasteiger partial charge in [-0.1, -0.05) is 12.8 Å². The topological polar surface area (TPSA) is 84.2 Å². The largest absolute Gasteiger partial charge is 0.480 e. The molecular formula is C14H19N3O3. The Kier molecular flexibility index (Phi) is 3.46. The van der Waals surface area contributed by atoms with Crippen LogP contribution in [0.1, 0.15) is 55.1 Å². The lowest BCUT2D eigenvalue weighted by Crippen LogP contribution is -2.42. The van der Waals surface area contributed by atoms with Gasteiger partial charge in [-0.2, -0.15) is 5.10 Å². The molecule has 2 N–H and O–H groups in total. The number of nitrogens with zero attached hydrogens (tertiary/aromatic N) is 2. The fourth-order valence-electron chi connectivity index (χ4n) is 2.86. The van der Waals surface area contributed by atoms with Crippen LogP contribution in [0.3, 0.4) is 0 Å². The molecule has 2 aliphatic carbocycles. The third-order valence-corrected chi connectivity index (χ3v) is 4.19. The molecule has 6 heteroatoms. The van der Waals surface area contributed by atoms with E-state index >= 15 is 0 Å². The van der Waals surface area contributed by atoms with Crippen molar-refractivity contribution in [2.75, 3.05) is 0 Å². The van der Waals surface area contributed by atoms with Crippen molar-refractivity contribution in [1.82, 2.24) is 15.1 Å². The van der Waals surface area contributed by atoms with Gasteiger partial charge in [0.15, 0.2) is 0 Å². The molecule has 0 radical (unpaired) electrons. The van der Waals surface area contributed by atoms with Crippen LogP contribution in [0.25, 0.3) is 0 Å². The van der Waals surface area contributed by atoms with E-state index in [1.165, 1.54) is 12.8 Å². The summed E-state index contributed by atoms with van der Waals surface area (Å²) >= 11 is 0. The fraction of sp³-hybridized carbons (Fsp3) is 0.643. The van der Waals surface area contributed by atoms with Gasteiger partial charge in [-0.05, 0) is 37.7 Å². The number of nitrogens with one attached hydrogen (secondary N) is 1. The third kappa shape index (κ3) is 2.69. The van der Waals surface area contributed by atoms with Crippen molar-refractivity contribution in [3.63, 3.8) is 0 Å². The molecule has 3 rings (SSSR count). The second-order valence-electron chi connectivity index (χ2n) is 5.75. The Bertz CT molecular complexity index is 515. The molecule has 2 aliphatic rings. The Labute approximate surface area is 117 Å². The predicted octanol–water partition coefficient (Wildman–Crippen LogP) is 1.59. The molecule has 1 unspecified atom stereocenters. The van der Waals surface area contributed by atoms with Crippen molar-refractivity contribution < 1.29 is 14.7 Å². The van der Waals surface area contributed by atoms with E-state index in [0.29, 0.717) is 11.7 Å². The van der Waals surface area contributed by atoms with Crippen molar-refractivity contribution in [2.45, 2.75) is 50.6 Å². The highest BCUT2D eigenvalue weighted by molar-refractivity contribution is 5.95. The maximum absolute atomic E-state index is 12.1. The van der Waals surface area contributed by atoms with Crippen LogP contribution in [0.5, 0.6) is 0 Å². The summed E-state index contributed by atoms with van der Waals surface area (Å²) in [7, 11) is 0. The van der Waals surface area contributed by atoms with Gasteiger partial charge in [0.1, 0.15) is 11.7 Å². The second kappa shape index (κ2) is 5.26. The highest BCUT2D eigenvalue weighted by Crippen LogP contribution is 2.33. The predicted molar refractivity (Wildman–Crippen MR) is 71.3 cm³/mol. The lowest BCUT2D eigenvalue weighted by Gasteiger charge is -2.12. The van der Waals surface area contributed by atoms with Crippen LogP contribution in [-0.2, 0) is 4.79 Å². The van der Waals surface area contributed by atoms with Crippen LogP contribution in [0, 0.1) is 5.92 Å². The van der Waals surface area contributed by atoms with Gasteiger partial charge in [-0.25, -0.2) is 4.79 Å². The van der Waals surface area contributed by atoms with E-state index in [4.69, 9.17) is 5.11 Å². The zero-order valence-electron chi connectivity index (χ0n) is 11.3. The summed E-state index contributed by atoms with van der Waals surface area (Å²) in [6, 6.07) is 1.27. The highest BCUT2D eigenvalue weighted by atomic mass is 16.4. The lowest BCUT2D eigenvalue weighted by molar-refractivity contribution is -0.139. The zero-order valence-corrected chi connectivity index (χ0v) is 11.3. The van der Waals surface area contributed by atoms with Crippen molar-refractivity contribution in [1.29, 1.82) is 0 Å². The average Bonchev–Trinajstić information content (AvgIpc) is 2.94. The number of aliphatic carboxylic acids is 1. The van der Waals surface area contributed by atoms with Gasteiger partial charge < -0.3 is 10.4 Å². The van der Waals surface area contributed by atoms with Gasteiger partial charge in [-0.15, -0.1) is 0 Å². The van der Waals surface area contributed by atoms with E-state index in [-0.39, 0.29) is 11.8 Å². The Hall–Kier alpha value is -1.85. The van der Waals surface area contributed by atoms with E-state index in [1.807, 2.05) is 10.9 Å². The van der Waals surface area contributed by atoms with E-state index in [0.717, 1.165) is 25.7 Å². The first-order chi connectivity index (χ1) is 9.65.